The molecule has 2 aliphatic rings. The maximum absolute atomic E-state index is 5.07. The number of hydrogen-bond acceptors (Lipinski definition) is 2. The lowest BCUT2D eigenvalue weighted by molar-refractivity contribution is 0.175. The second-order valence-corrected chi connectivity index (χ2v) is 3.11. The maximum Gasteiger partial charge on any atom is 0.0496 e. The Morgan fingerprint density at radius 3 is 2.50 bits per heavy atom. The fraction of sp³-hybridized carbons (Fsp3) is 1.00. The highest BCUT2D eigenvalue weighted by atomic mass is 35.5. The molecular formula is C7H14ClNO. The third-order valence-corrected chi connectivity index (χ3v) is 2.63. The summed E-state index contributed by atoms with van der Waals surface area (Å²) in [5.74, 6) is 2.83. The number of fused-ring (bicyclic) bond motifs is 1. The van der Waals surface area contributed by atoms with Crippen molar-refractivity contribution in [1.29, 1.82) is 0 Å². The molecular weight excluding hydrogens is 150 g/mol. The molecule has 2 nitrogen and oxygen atoms in total. The van der Waals surface area contributed by atoms with E-state index >= 15 is 0 Å². The molecule has 0 radical (unpaired) electrons. The fourth-order valence-corrected chi connectivity index (χ4v) is 1.99. The van der Waals surface area contributed by atoms with Crippen molar-refractivity contribution in [1.82, 2.24) is 5.32 Å². The van der Waals surface area contributed by atoms with E-state index in [0.717, 1.165) is 24.4 Å². The number of halogens is 1. The first-order valence-electron chi connectivity index (χ1n) is 3.63. The monoisotopic (exact) mass is 163 g/mol. The number of nitrogens with one attached hydrogen (secondary N) is 1. The van der Waals surface area contributed by atoms with E-state index in [-0.39, 0.29) is 12.4 Å². The lowest BCUT2D eigenvalue weighted by Gasteiger charge is -2.00. The smallest absolute Gasteiger partial charge is 0.0496 e. The minimum atomic E-state index is 0. The fourth-order valence-electron chi connectivity index (χ4n) is 1.99. The van der Waals surface area contributed by atoms with Crippen LogP contribution in [0.2, 0.25) is 0 Å². The van der Waals surface area contributed by atoms with Crippen LogP contribution in [-0.2, 0) is 4.74 Å². The van der Waals surface area contributed by atoms with Crippen LogP contribution in [0.1, 0.15) is 0 Å². The summed E-state index contributed by atoms with van der Waals surface area (Å²) in [4.78, 5) is 0. The molecule has 1 aliphatic heterocycles. The number of rotatable bonds is 2. The SMILES string of the molecule is COCC1C2CNCC21.Cl. The molecule has 0 aromatic heterocycles. The molecule has 1 N–H and O–H groups in total. The zero-order valence-corrected chi connectivity index (χ0v) is 6.99. The molecule has 1 heterocycles. The Morgan fingerprint density at radius 1 is 1.40 bits per heavy atom. The van der Waals surface area contributed by atoms with Gasteiger partial charge in [-0.2, -0.15) is 0 Å². The van der Waals surface area contributed by atoms with Crippen LogP contribution in [0, 0.1) is 17.8 Å². The number of hydrogen-bond donors (Lipinski definition) is 1. The number of piperidine rings is 1. The van der Waals surface area contributed by atoms with E-state index in [1.807, 2.05) is 0 Å². The number of methoxy groups -OCH3 is 1. The molecule has 0 amide bonds. The summed E-state index contributed by atoms with van der Waals surface area (Å²) in [7, 11) is 1.79. The first-order valence-corrected chi connectivity index (χ1v) is 3.63. The van der Waals surface area contributed by atoms with Gasteiger partial charge in [0.05, 0.1) is 0 Å². The molecule has 3 heteroatoms. The van der Waals surface area contributed by atoms with Crippen molar-refractivity contribution in [2.24, 2.45) is 17.8 Å². The van der Waals surface area contributed by atoms with Crippen LogP contribution in [0.15, 0.2) is 0 Å². The van der Waals surface area contributed by atoms with Crippen LogP contribution in [0.25, 0.3) is 0 Å². The van der Waals surface area contributed by atoms with Crippen molar-refractivity contribution < 1.29 is 4.74 Å². The van der Waals surface area contributed by atoms with E-state index < -0.39 is 0 Å². The highest BCUT2D eigenvalue weighted by Crippen LogP contribution is 2.48. The van der Waals surface area contributed by atoms with Gasteiger partial charge in [-0.3, -0.25) is 0 Å². The topological polar surface area (TPSA) is 21.3 Å². The zero-order chi connectivity index (χ0) is 6.27. The van der Waals surface area contributed by atoms with Crippen molar-refractivity contribution in [2.75, 3.05) is 26.8 Å². The molecule has 0 spiro atoms. The summed E-state index contributed by atoms with van der Waals surface area (Å²) in [6.45, 7) is 3.45. The molecule has 2 rings (SSSR count). The van der Waals surface area contributed by atoms with Crippen LogP contribution < -0.4 is 5.32 Å². The number of ether oxygens (including phenoxy) is 1. The molecule has 10 heavy (non-hydrogen) atoms. The van der Waals surface area contributed by atoms with Gasteiger partial charge in [-0.15, -0.1) is 12.4 Å². The van der Waals surface area contributed by atoms with E-state index in [9.17, 15) is 0 Å². The average molecular weight is 164 g/mol. The third-order valence-electron chi connectivity index (χ3n) is 2.63. The maximum atomic E-state index is 5.07. The molecule has 1 aliphatic carbocycles. The van der Waals surface area contributed by atoms with Gasteiger partial charge < -0.3 is 10.1 Å². The van der Waals surface area contributed by atoms with E-state index in [1.165, 1.54) is 13.1 Å². The van der Waals surface area contributed by atoms with Gasteiger partial charge in [0.25, 0.3) is 0 Å². The van der Waals surface area contributed by atoms with Gasteiger partial charge in [-0.1, -0.05) is 0 Å². The molecule has 2 atom stereocenters. The molecule has 0 aromatic carbocycles. The lowest BCUT2D eigenvalue weighted by Crippen LogP contribution is -2.16. The highest BCUT2D eigenvalue weighted by molar-refractivity contribution is 5.85. The third kappa shape index (κ3) is 1.16. The first kappa shape index (κ1) is 8.31. The minimum absolute atomic E-state index is 0. The Kier molecular flexibility index (Phi) is 2.55. The second-order valence-electron chi connectivity index (χ2n) is 3.11. The largest absolute Gasteiger partial charge is 0.384 e. The van der Waals surface area contributed by atoms with Crippen LogP contribution in [0.4, 0.5) is 0 Å². The highest BCUT2D eigenvalue weighted by Gasteiger charge is 2.52. The van der Waals surface area contributed by atoms with E-state index in [0.29, 0.717) is 0 Å². The Labute approximate surface area is 67.7 Å². The van der Waals surface area contributed by atoms with Crippen LogP contribution >= 0.6 is 12.4 Å². The van der Waals surface area contributed by atoms with E-state index in [4.69, 9.17) is 4.74 Å². The molecule has 0 aromatic rings. The van der Waals surface area contributed by atoms with Crippen LogP contribution in [0.3, 0.4) is 0 Å². The van der Waals surface area contributed by atoms with Crippen molar-refractivity contribution in [2.45, 2.75) is 0 Å². The molecule has 2 fully saturated rings. The zero-order valence-electron chi connectivity index (χ0n) is 6.17. The van der Waals surface area contributed by atoms with Gasteiger partial charge >= 0.3 is 0 Å². The van der Waals surface area contributed by atoms with Gasteiger partial charge in [-0.05, 0) is 30.8 Å². The summed E-state index contributed by atoms with van der Waals surface area (Å²) < 4.78 is 5.07. The van der Waals surface area contributed by atoms with Gasteiger partial charge in [0, 0.05) is 13.7 Å². The molecule has 2 unspecified atom stereocenters. The lowest BCUT2D eigenvalue weighted by atomic mass is 10.3. The first-order chi connectivity index (χ1) is 4.43. The Bertz CT molecular complexity index is 110. The Morgan fingerprint density at radius 2 is 2.00 bits per heavy atom. The standard InChI is InChI=1S/C7H13NO.ClH/c1-9-4-7-5-2-8-3-6(5)7;/h5-8H,2-4H2,1H3;1H. The predicted octanol–water partition coefficient (Wildman–Crippen LogP) is 0.520. The van der Waals surface area contributed by atoms with Gasteiger partial charge in [-0.25, -0.2) is 0 Å². The average Bonchev–Trinajstić information content (AvgIpc) is 2.39. The summed E-state index contributed by atoms with van der Waals surface area (Å²) >= 11 is 0. The van der Waals surface area contributed by atoms with E-state index in [1.54, 1.807) is 7.11 Å². The van der Waals surface area contributed by atoms with Gasteiger partial charge in [0.2, 0.25) is 0 Å². The van der Waals surface area contributed by atoms with Crippen molar-refractivity contribution in [3.8, 4) is 0 Å². The van der Waals surface area contributed by atoms with Crippen molar-refractivity contribution in [3.05, 3.63) is 0 Å². The quantitative estimate of drug-likeness (QED) is 0.641. The molecule has 60 valence electrons. The Hall–Kier alpha value is 0.210. The van der Waals surface area contributed by atoms with E-state index in [2.05, 4.69) is 5.32 Å². The summed E-state index contributed by atoms with van der Waals surface area (Å²) in [6, 6.07) is 0. The second kappa shape index (κ2) is 3.07. The summed E-state index contributed by atoms with van der Waals surface area (Å²) in [5.41, 5.74) is 0. The molecule has 1 saturated heterocycles. The summed E-state index contributed by atoms with van der Waals surface area (Å²) in [5, 5.41) is 3.35. The predicted molar refractivity (Wildman–Crippen MR) is 42.5 cm³/mol. The molecule has 0 bridgehead atoms. The van der Waals surface area contributed by atoms with Gasteiger partial charge in [0.1, 0.15) is 0 Å². The summed E-state index contributed by atoms with van der Waals surface area (Å²) in [6.07, 6.45) is 0. The van der Waals surface area contributed by atoms with Crippen LogP contribution in [-0.4, -0.2) is 26.8 Å². The molecule has 1 saturated carbocycles. The van der Waals surface area contributed by atoms with Crippen molar-refractivity contribution >= 4 is 12.4 Å². The van der Waals surface area contributed by atoms with Crippen molar-refractivity contribution in [3.63, 3.8) is 0 Å². The minimum Gasteiger partial charge on any atom is -0.384 e. The van der Waals surface area contributed by atoms with Gasteiger partial charge in [0.15, 0.2) is 0 Å². The van der Waals surface area contributed by atoms with Crippen LogP contribution in [0.5, 0.6) is 0 Å². The Balaban J connectivity index is 0.000000500. The normalized spacial score (nSPS) is 42.3.